The Morgan fingerprint density at radius 2 is 1.63 bits per heavy atom. The Balaban J connectivity index is 1.25. The number of rotatable bonds is 6. The van der Waals surface area contributed by atoms with Gasteiger partial charge in [-0.3, -0.25) is 15.0 Å². The topological polar surface area (TPSA) is 85.0 Å². The summed E-state index contributed by atoms with van der Waals surface area (Å²) in [5, 5.41) is 7.40. The molecule has 2 saturated heterocycles. The van der Waals surface area contributed by atoms with E-state index in [2.05, 4.69) is 10.7 Å². The van der Waals surface area contributed by atoms with Crippen LogP contribution in [-0.2, 0) is 22.7 Å². The van der Waals surface area contributed by atoms with Gasteiger partial charge in [0.25, 0.3) is 5.91 Å². The third kappa shape index (κ3) is 5.46. The van der Waals surface area contributed by atoms with E-state index in [0.29, 0.717) is 16.6 Å². The Labute approximate surface area is 247 Å². The van der Waals surface area contributed by atoms with Crippen molar-refractivity contribution in [3.05, 3.63) is 118 Å². The molecule has 2 fully saturated rings. The fourth-order valence-electron chi connectivity index (χ4n) is 5.56. The first-order valence-corrected chi connectivity index (χ1v) is 14.0. The minimum Gasteiger partial charge on any atom is -0.333 e. The van der Waals surface area contributed by atoms with Crippen molar-refractivity contribution >= 4 is 51.8 Å². The fraction of sp³-hybridized carbons (Fsp3) is 0.194. The number of fused-ring (bicyclic) bond motifs is 2. The van der Waals surface area contributed by atoms with Crippen molar-refractivity contribution in [1.29, 1.82) is 0 Å². The molecule has 2 N–H and O–H groups in total. The summed E-state index contributed by atoms with van der Waals surface area (Å²) in [6, 6.07) is 27.3. The number of amides is 4. The first kappa shape index (κ1) is 27.1. The number of carbonyl (C=O) groups excluding carboxylic acids is 3. The van der Waals surface area contributed by atoms with Gasteiger partial charge in [0.15, 0.2) is 0 Å². The summed E-state index contributed by atoms with van der Waals surface area (Å²) in [7, 11) is 0. The van der Waals surface area contributed by atoms with Crippen LogP contribution in [0.25, 0.3) is 10.8 Å². The van der Waals surface area contributed by atoms with Crippen LogP contribution in [-0.4, -0.2) is 51.9 Å². The molecular formula is C31H27Cl2N5O3. The highest BCUT2D eigenvalue weighted by molar-refractivity contribution is 6.42. The number of benzene rings is 4. The predicted molar refractivity (Wildman–Crippen MR) is 158 cm³/mol. The molecule has 0 aromatic heterocycles. The Hall–Kier alpha value is -4.11. The van der Waals surface area contributed by atoms with E-state index >= 15 is 0 Å². The molecular weight excluding hydrogens is 561 g/mol. The molecule has 2 aliphatic heterocycles. The summed E-state index contributed by atoms with van der Waals surface area (Å²) in [6.45, 7) is 0.782. The first-order valence-electron chi connectivity index (χ1n) is 13.3. The van der Waals surface area contributed by atoms with Crippen LogP contribution in [0.5, 0.6) is 0 Å². The molecule has 0 saturated carbocycles. The van der Waals surface area contributed by atoms with E-state index in [9.17, 15) is 14.4 Å². The lowest BCUT2D eigenvalue weighted by molar-refractivity contribution is -0.155. The zero-order chi connectivity index (χ0) is 28.5. The number of hydrogen-bond acceptors (Lipinski definition) is 4. The van der Waals surface area contributed by atoms with Gasteiger partial charge < -0.3 is 15.1 Å². The minimum absolute atomic E-state index is 0.0520. The van der Waals surface area contributed by atoms with Gasteiger partial charge in [-0.25, -0.2) is 4.79 Å². The molecule has 2 atom stereocenters. The molecule has 0 aliphatic carbocycles. The lowest BCUT2D eigenvalue weighted by Crippen LogP contribution is -2.62. The Kier molecular flexibility index (Phi) is 7.53. The van der Waals surface area contributed by atoms with Gasteiger partial charge in [-0.15, -0.1) is 0 Å². The maximum atomic E-state index is 14.0. The lowest BCUT2D eigenvalue weighted by atomic mass is 9.99. The quantitative estimate of drug-likeness (QED) is 0.328. The van der Waals surface area contributed by atoms with Crippen molar-refractivity contribution in [2.24, 2.45) is 0 Å². The van der Waals surface area contributed by atoms with Gasteiger partial charge in [-0.05, 0) is 39.6 Å². The highest BCUT2D eigenvalue weighted by atomic mass is 35.5. The minimum atomic E-state index is -0.802. The highest BCUT2D eigenvalue weighted by Crippen LogP contribution is 2.35. The second-order valence-corrected chi connectivity index (χ2v) is 10.9. The molecule has 10 heteroatoms. The van der Waals surface area contributed by atoms with Crippen LogP contribution in [0.4, 0.5) is 4.79 Å². The number of urea groups is 1. The Bertz CT molecular complexity index is 1630. The fourth-order valence-corrected chi connectivity index (χ4v) is 5.88. The molecule has 41 heavy (non-hydrogen) atoms. The highest BCUT2D eigenvalue weighted by Gasteiger charge is 2.51. The molecule has 208 valence electrons. The number of halogens is 2. The van der Waals surface area contributed by atoms with E-state index in [1.165, 1.54) is 0 Å². The second-order valence-electron chi connectivity index (χ2n) is 10.1. The third-order valence-electron chi connectivity index (χ3n) is 7.52. The van der Waals surface area contributed by atoms with Crippen molar-refractivity contribution in [3.8, 4) is 0 Å². The number of nitrogens with zero attached hydrogens (tertiary/aromatic N) is 3. The molecule has 8 nitrogen and oxygen atoms in total. The zero-order valence-corrected chi connectivity index (χ0v) is 23.5. The number of hydrazine groups is 1. The molecule has 4 aromatic rings. The van der Waals surface area contributed by atoms with Gasteiger partial charge in [0.1, 0.15) is 12.2 Å². The van der Waals surface area contributed by atoms with E-state index in [0.717, 1.165) is 27.5 Å². The number of carbonyl (C=O) groups is 3. The zero-order valence-electron chi connectivity index (χ0n) is 22.0. The van der Waals surface area contributed by atoms with E-state index in [1.807, 2.05) is 72.8 Å². The van der Waals surface area contributed by atoms with Crippen LogP contribution in [0.1, 0.15) is 22.7 Å². The van der Waals surface area contributed by atoms with E-state index in [-0.39, 0.29) is 31.4 Å². The van der Waals surface area contributed by atoms with E-state index in [1.54, 1.807) is 33.0 Å². The van der Waals surface area contributed by atoms with Crippen molar-refractivity contribution < 1.29 is 14.4 Å². The van der Waals surface area contributed by atoms with Gasteiger partial charge in [-0.2, -0.15) is 5.01 Å². The Morgan fingerprint density at radius 1 is 0.878 bits per heavy atom. The summed E-state index contributed by atoms with van der Waals surface area (Å²) in [5.74, 6) is -0.383. The molecule has 0 bridgehead atoms. The monoisotopic (exact) mass is 587 g/mol. The SMILES string of the molecule is O=C(NCc1ccc(Cl)c(Cl)c1)NN1CC(=O)N2[C@@H](c3ccccc3)C(=O)N(Cc3cccc4ccccc34)C[C@H]12. The van der Waals surface area contributed by atoms with Crippen molar-refractivity contribution in [3.63, 3.8) is 0 Å². The van der Waals surface area contributed by atoms with Crippen LogP contribution < -0.4 is 10.7 Å². The van der Waals surface area contributed by atoms with Gasteiger partial charge in [0, 0.05) is 13.1 Å². The number of nitrogens with one attached hydrogen (secondary N) is 2. The summed E-state index contributed by atoms with van der Waals surface area (Å²) in [5.41, 5.74) is 5.35. The molecule has 0 radical (unpaired) electrons. The molecule has 2 aliphatic rings. The summed E-state index contributed by atoms with van der Waals surface area (Å²) in [4.78, 5) is 43.6. The molecule has 6 rings (SSSR count). The number of piperazine rings is 1. The maximum Gasteiger partial charge on any atom is 0.329 e. The van der Waals surface area contributed by atoms with Crippen LogP contribution in [0.2, 0.25) is 10.0 Å². The van der Waals surface area contributed by atoms with Crippen molar-refractivity contribution in [1.82, 2.24) is 25.6 Å². The molecule has 0 spiro atoms. The smallest absolute Gasteiger partial charge is 0.329 e. The average molecular weight is 588 g/mol. The van der Waals surface area contributed by atoms with Crippen LogP contribution in [0.3, 0.4) is 0 Å². The van der Waals surface area contributed by atoms with Crippen molar-refractivity contribution in [2.45, 2.75) is 25.3 Å². The van der Waals surface area contributed by atoms with Gasteiger partial charge in [0.05, 0.1) is 23.1 Å². The second kappa shape index (κ2) is 11.4. The lowest BCUT2D eigenvalue weighted by Gasteiger charge is -2.44. The summed E-state index contributed by atoms with van der Waals surface area (Å²) >= 11 is 12.1. The van der Waals surface area contributed by atoms with Gasteiger partial charge in [0.2, 0.25) is 5.91 Å². The van der Waals surface area contributed by atoms with Crippen LogP contribution >= 0.6 is 23.2 Å². The van der Waals surface area contributed by atoms with E-state index in [4.69, 9.17) is 23.2 Å². The molecule has 4 amide bonds. The standard InChI is InChI=1S/C31H27Cl2N5O3/c32-25-14-13-20(15-26(25)33)16-34-31(41)35-37-19-28(39)38-27(37)18-36(30(40)29(38)22-8-2-1-3-9-22)17-23-11-6-10-21-7-4-5-12-24(21)23/h1-15,27,29H,16-19H2,(H2,34,35,41)/t27-,29+/m1/s1. The summed E-state index contributed by atoms with van der Waals surface area (Å²) < 4.78 is 0. The molecule has 0 unspecified atom stereocenters. The largest absolute Gasteiger partial charge is 0.333 e. The normalized spacial score (nSPS) is 19.0. The predicted octanol–water partition coefficient (Wildman–Crippen LogP) is 5.11. The molecule has 4 aromatic carbocycles. The molecule has 2 heterocycles. The van der Waals surface area contributed by atoms with Crippen LogP contribution in [0.15, 0.2) is 91.0 Å². The van der Waals surface area contributed by atoms with Crippen molar-refractivity contribution in [2.75, 3.05) is 13.1 Å². The average Bonchev–Trinajstić information content (AvgIpc) is 3.28. The first-order chi connectivity index (χ1) is 19.9. The van der Waals surface area contributed by atoms with Gasteiger partial charge >= 0.3 is 6.03 Å². The summed E-state index contributed by atoms with van der Waals surface area (Å²) in [6.07, 6.45) is -0.545. The van der Waals surface area contributed by atoms with Crippen LogP contribution in [0, 0.1) is 0 Å². The van der Waals surface area contributed by atoms with Gasteiger partial charge in [-0.1, -0.05) is 102 Å². The maximum absolute atomic E-state index is 14.0. The van der Waals surface area contributed by atoms with E-state index < -0.39 is 18.2 Å². The Morgan fingerprint density at radius 3 is 2.44 bits per heavy atom. The third-order valence-corrected chi connectivity index (χ3v) is 8.26. The number of hydrogen-bond donors (Lipinski definition) is 2.